The summed E-state index contributed by atoms with van der Waals surface area (Å²) in [7, 11) is 1.49. The lowest BCUT2D eigenvalue weighted by molar-refractivity contribution is 0.217. The van der Waals surface area contributed by atoms with Gasteiger partial charge in [-0.2, -0.15) is 0 Å². The third-order valence-electron chi connectivity index (χ3n) is 4.79. The van der Waals surface area contributed by atoms with Gasteiger partial charge in [0.25, 0.3) is 0 Å². The number of halogens is 1. The van der Waals surface area contributed by atoms with Crippen LogP contribution in [0.3, 0.4) is 0 Å². The molecule has 0 saturated heterocycles. The van der Waals surface area contributed by atoms with E-state index in [1.165, 1.54) is 32.8 Å². The summed E-state index contributed by atoms with van der Waals surface area (Å²) in [6.07, 6.45) is 6.54. The molecule has 2 nitrogen and oxygen atoms in total. The standard InChI is InChI=1S/C16H24FNO/c1-3-16(9-4-5-10-16)14(18)11-12-7-6-8-13(19-2)15(12)17/h6-8,14H,3-5,9-11,18H2,1-2H3. The Morgan fingerprint density at radius 3 is 2.63 bits per heavy atom. The highest BCUT2D eigenvalue weighted by Crippen LogP contribution is 2.44. The second-order valence-corrected chi connectivity index (χ2v) is 5.67. The van der Waals surface area contributed by atoms with Crippen molar-refractivity contribution >= 4 is 0 Å². The first-order valence-corrected chi connectivity index (χ1v) is 7.20. The molecule has 2 rings (SSSR count). The highest BCUT2D eigenvalue weighted by Gasteiger charge is 2.38. The Morgan fingerprint density at radius 2 is 2.05 bits per heavy atom. The first-order chi connectivity index (χ1) is 9.13. The van der Waals surface area contributed by atoms with E-state index in [0.29, 0.717) is 17.7 Å². The first kappa shape index (κ1) is 14.3. The molecular weight excluding hydrogens is 241 g/mol. The molecule has 1 fully saturated rings. The minimum absolute atomic E-state index is 0.0293. The summed E-state index contributed by atoms with van der Waals surface area (Å²) in [6, 6.07) is 5.32. The van der Waals surface area contributed by atoms with Gasteiger partial charge in [0.2, 0.25) is 0 Å². The van der Waals surface area contributed by atoms with Gasteiger partial charge in [-0.15, -0.1) is 0 Å². The van der Waals surface area contributed by atoms with Crippen LogP contribution in [0.1, 0.15) is 44.6 Å². The van der Waals surface area contributed by atoms with Gasteiger partial charge in [0.05, 0.1) is 7.11 Å². The minimum atomic E-state index is -0.260. The van der Waals surface area contributed by atoms with Crippen LogP contribution in [-0.4, -0.2) is 13.2 Å². The van der Waals surface area contributed by atoms with Gasteiger partial charge in [0.15, 0.2) is 11.6 Å². The number of hydrogen-bond donors (Lipinski definition) is 1. The van der Waals surface area contributed by atoms with E-state index in [2.05, 4.69) is 6.92 Å². The van der Waals surface area contributed by atoms with Gasteiger partial charge in [-0.05, 0) is 42.7 Å². The van der Waals surface area contributed by atoms with Crippen LogP contribution in [0.15, 0.2) is 18.2 Å². The van der Waals surface area contributed by atoms with Crippen LogP contribution in [0, 0.1) is 11.2 Å². The van der Waals surface area contributed by atoms with Crippen molar-refractivity contribution in [2.75, 3.05) is 7.11 Å². The van der Waals surface area contributed by atoms with Crippen molar-refractivity contribution in [1.29, 1.82) is 0 Å². The predicted molar refractivity (Wildman–Crippen MR) is 75.8 cm³/mol. The lowest BCUT2D eigenvalue weighted by Gasteiger charge is -2.34. The quantitative estimate of drug-likeness (QED) is 0.881. The summed E-state index contributed by atoms with van der Waals surface area (Å²) in [5.41, 5.74) is 7.29. The summed E-state index contributed by atoms with van der Waals surface area (Å²) < 4.78 is 19.2. The van der Waals surface area contributed by atoms with E-state index in [1.807, 2.05) is 12.1 Å². The molecule has 0 amide bonds. The van der Waals surface area contributed by atoms with Crippen LogP contribution in [0.25, 0.3) is 0 Å². The zero-order chi connectivity index (χ0) is 13.9. The van der Waals surface area contributed by atoms with Crippen molar-refractivity contribution in [3.8, 4) is 5.75 Å². The molecule has 0 radical (unpaired) electrons. The van der Waals surface area contributed by atoms with Crippen LogP contribution >= 0.6 is 0 Å². The Bertz CT molecular complexity index is 427. The smallest absolute Gasteiger partial charge is 0.168 e. The van der Waals surface area contributed by atoms with Crippen molar-refractivity contribution in [2.45, 2.75) is 51.5 Å². The Kier molecular flexibility index (Phi) is 4.46. The second-order valence-electron chi connectivity index (χ2n) is 5.67. The fourth-order valence-corrected chi connectivity index (χ4v) is 3.39. The largest absolute Gasteiger partial charge is 0.494 e. The van der Waals surface area contributed by atoms with E-state index in [-0.39, 0.29) is 17.3 Å². The van der Waals surface area contributed by atoms with Gasteiger partial charge >= 0.3 is 0 Å². The third kappa shape index (κ3) is 2.76. The molecule has 19 heavy (non-hydrogen) atoms. The van der Waals surface area contributed by atoms with Crippen molar-refractivity contribution in [2.24, 2.45) is 11.1 Å². The van der Waals surface area contributed by atoms with Gasteiger partial charge in [0.1, 0.15) is 0 Å². The molecule has 0 spiro atoms. The highest BCUT2D eigenvalue weighted by molar-refractivity contribution is 5.31. The number of benzene rings is 1. The van der Waals surface area contributed by atoms with Crippen molar-refractivity contribution in [3.05, 3.63) is 29.6 Å². The summed E-state index contributed by atoms with van der Waals surface area (Å²) >= 11 is 0. The van der Waals surface area contributed by atoms with Crippen molar-refractivity contribution in [1.82, 2.24) is 0 Å². The fraction of sp³-hybridized carbons (Fsp3) is 0.625. The number of ether oxygens (including phenoxy) is 1. The minimum Gasteiger partial charge on any atom is -0.494 e. The van der Waals surface area contributed by atoms with Gasteiger partial charge in [-0.25, -0.2) is 4.39 Å². The normalized spacial score (nSPS) is 19.4. The Morgan fingerprint density at radius 1 is 1.37 bits per heavy atom. The lowest BCUT2D eigenvalue weighted by atomic mass is 9.74. The maximum absolute atomic E-state index is 14.2. The van der Waals surface area contributed by atoms with Crippen molar-refractivity contribution < 1.29 is 9.13 Å². The van der Waals surface area contributed by atoms with Crippen LogP contribution in [0.2, 0.25) is 0 Å². The Hall–Kier alpha value is -1.09. The van der Waals surface area contributed by atoms with E-state index in [0.717, 1.165) is 6.42 Å². The van der Waals surface area contributed by atoms with Crippen LogP contribution in [0.5, 0.6) is 5.75 Å². The monoisotopic (exact) mass is 265 g/mol. The molecule has 1 saturated carbocycles. The third-order valence-corrected chi connectivity index (χ3v) is 4.79. The number of methoxy groups -OCH3 is 1. The summed E-state index contributed by atoms with van der Waals surface area (Å²) in [6.45, 7) is 2.20. The zero-order valence-corrected chi connectivity index (χ0v) is 11.9. The number of rotatable bonds is 5. The average molecular weight is 265 g/mol. The van der Waals surface area contributed by atoms with Gasteiger partial charge in [-0.1, -0.05) is 31.9 Å². The molecule has 1 atom stereocenters. The molecule has 0 aliphatic heterocycles. The molecule has 3 heteroatoms. The van der Waals surface area contributed by atoms with E-state index in [9.17, 15) is 4.39 Å². The van der Waals surface area contributed by atoms with Crippen LogP contribution < -0.4 is 10.5 Å². The van der Waals surface area contributed by atoms with E-state index in [4.69, 9.17) is 10.5 Å². The van der Waals surface area contributed by atoms with E-state index in [1.54, 1.807) is 6.07 Å². The Balaban J connectivity index is 2.16. The van der Waals surface area contributed by atoms with Gasteiger partial charge in [-0.3, -0.25) is 0 Å². The predicted octanol–water partition coefficient (Wildman–Crippen LogP) is 3.67. The lowest BCUT2D eigenvalue weighted by Crippen LogP contribution is -2.41. The average Bonchev–Trinajstić information content (AvgIpc) is 2.91. The number of hydrogen-bond acceptors (Lipinski definition) is 2. The van der Waals surface area contributed by atoms with E-state index >= 15 is 0 Å². The molecule has 106 valence electrons. The molecule has 1 aliphatic carbocycles. The van der Waals surface area contributed by atoms with Crippen molar-refractivity contribution in [3.63, 3.8) is 0 Å². The van der Waals surface area contributed by atoms with Gasteiger partial charge in [0, 0.05) is 6.04 Å². The molecule has 1 aliphatic rings. The first-order valence-electron chi connectivity index (χ1n) is 7.20. The van der Waals surface area contributed by atoms with Crippen LogP contribution in [0.4, 0.5) is 4.39 Å². The maximum atomic E-state index is 14.2. The zero-order valence-electron chi connectivity index (χ0n) is 11.9. The summed E-state index contributed by atoms with van der Waals surface area (Å²) in [5.74, 6) is 0.0476. The molecule has 0 heterocycles. The van der Waals surface area contributed by atoms with Crippen LogP contribution in [-0.2, 0) is 6.42 Å². The maximum Gasteiger partial charge on any atom is 0.168 e. The van der Waals surface area contributed by atoms with E-state index < -0.39 is 0 Å². The van der Waals surface area contributed by atoms with Gasteiger partial charge < -0.3 is 10.5 Å². The number of nitrogens with two attached hydrogens (primary N) is 1. The molecule has 1 aromatic rings. The molecular formula is C16H24FNO. The summed E-state index contributed by atoms with van der Waals surface area (Å²) in [4.78, 5) is 0. The highest BCUT2D eigenvalue weighted by atomic mass is 19.1. The SMILES string of the molecule is CCC1(C(N)Cc2cccc(OC)c2F)CCCC1. The topological polar surface area (TPSA) is 35.2 Å². The fourth-order valence-electron chi connectivity index (χ4n) is 3.39. The second kappa shape index (κ2) is 5.91. The molecule has 2 N–H and O–H groups in total. The molecule has 1 unspecified atom stereocenters. The molecule has 0 aromatic heterocycles. The molecule has 1 aromatic carbocycles. The molecule has 0 bridgehead atoms. The summed E-state index contributed by atoms with van der Waals surface area (Å²) in [5, 5.41) is 0. The Labute approximate surface area is 115 Å².